The predicted molar refractivity (Wildman–Crippen MR) is 67.5 cm³/mol. The van der Waals surface area contributed by atoms with E-state index in [2.05, 4.69) is 31.1 Å². The molecule has 0 saturated heterocycles. The van der Waals surface area contributed by atoms with Crippen LogP contribution in [0.4, 0.5) is 0 Å². The van der Waals surface area contributed by atoms with Gasteiger partial charge in [0.05, 0.1) is 5.60 Å². The Hall–Kier alpha value is -0.303. The van der Waals surface area contributed by atoms with Crippen LogP contribution in [0, 0.1) is 11.5 Å². The summed E-state index contributed by atoms with van der Waals surface area (Å²) in [6, 6.07) is 0. The van der Waals surface area contributed by atoms with Gasteiger partial charge in [-0.05, 0) is 19.8 Å². The van der Waals surface area contributed by atoms with Crippen molar-refractivity contribution >= 4 is 8.07 Å². The molecule has 88 valence electrons. The molecule has 0 aliphatic heterocycles. The van der Waals surface area contributed by atoms with Crippen LogP contribution in [0.1, 0.15) is 26.2 Å². The third-order valence-corrected chi connectivity index (χ3v) is 3.30. The fourth-order valence-electron chi connectivity index (χ4n) is 1.22. The molecule has 0 heterocycles. The summed E-state index contributed by atoms with van der Waals surface area (Å²) < 4.78 is 5.39. The van der Waals surface area contributed by atoms with E-state index in [-0.39, 0.29) is 12.2 Å². The van der Waals surface area contributed by atoms with Crippen molar-refractivity contribution in [3.63, 3.8) is 0 Å². The zero-order valence-electron chi connectivity index (χ0n) is 10.7. The van der Waals surface area contributed by atoms with Gasteiger partial charge in [-0.2, -0.15) is 0 Å². The summed E-state index contributed by atoms with van der Waals surface area (Å²) in [6.45, 7) is 8.92. The molecule has 0 aromatic carbocycles. The molecule has 3 heteroatoms. The number of aliphatic hydroxyl groups is 1. The van der Waals surface area contributed by atoms with Crippen molar-refractivity contribution in [1.82, 2.24) is 0 Å². The van der Waals surface area contributed by atoms with Gasteiger partial charge in [0.1, 0.15) is 8.07 Å². The highest BCUT2D eigenvalue weighted by molar-refractivity contribution is 6.83. The molecule has 1 N–H and O–H groups in total. The largest absolute Gasteiger partial charge is 0.396 e. The average Bonchev–Trinajstić information content (AvgIpc) is 2.12. The Morgan fingerprint density at radius 1 is 1.27 bits per heavy atom. The van der Waals surface area contributed by atoms with Gasteiger partial charge in [-0.1, -0.05) is 19.6 Å². The molecule has 0 saturated carbocycles. The van der Waals surface area contributed by atoms with Crippen LogP contribution in [0.3, 0.4) is 0 Å². The molecule has 0 aliphatic rings. The summed E-state index contributed by atoms with van der Waals surface area (Å²) in [7, 11) is 0.462. The lowest BCUT2D eigenvalue weighted by Crippen LogP contribution is -2.28. The van der Waals surface area contributed by atoms with E-state index >= 15 is 0 Å². The van der Waals surface area contributed by atoms with Crippen LogP contribution in [0.25, 0.3) is 0 Å². The molecule has 0 amide bonds. The van der Waals surface area contributed by atoms with Gasteiger partial charge in [0.15, 0.2) is 0 Å². The maximum Gasteiger partial charge on any atom is 0.129 e. The molecule has 0 aromatic heterocycles. The molecule has 15 heavy (non-hydrogen) atoms. The fourth-order valence-corrected chi connectivity index (χ4v) is 1.88. The molecule has 0 aromatic rings. The monoisotopic (exact) mass is 228 g/mol. The van der Waals surface area contributed by atoms with E-state index in [4.69, 9.17) is 9.84 Å². The van der Waals surface area contributed by atoms with Crippen LogP contribution in [-0.2, 0) is 4.74 Å². The Labute approximate surface area is 95.0 Å². The van der Waals surface area contributed by atoms with Crippen molar-refractivity contribution in [2.45, 2.75) is 51.4 Å². The number of hydrogen-bond donors (Lipinski definition) is 1. The molecule has 1 atom stereocenters. The summed E-state index contributed by atoms with van der Waals surface area (Å²) in [5, 5.41) is 8.91. The normalized spacial score (nSPS) is 15.3. The summed E-state index contributed by atoms with van der Waals surface area (Å²) in [6.07, 6.45) is 2.42. The lowest BCUT2D eigenvalue weighted by Gasteiger charge is -2.26. The first kappa shape index (κ1) is 14.7. The minimum absolute atomic E-state index is 0.172. The second-order valence-corrected chi connectivity index (χ2v) is 9.93. The molecular weight excluding hydrogens is 204 g/mol. The lowest BCUT2D eigenvalue weighted by molar-refractivity contribution is -0.0182. The molecule has 1 unspecified atom stereocenters. The van der Waals surface area contributed by atoms with Crippen molar-refractivity contribution < 1.29 is 9.84 Å². The minimum Gasteiger partial charge on any atom is -0.396 e. The number of rotatable bonds is 5. The minimum atomic E-state index is -1.23. The van der Waals surface area contributed by atoms with Gasteiger partial charge < -0.3 is 9.84 Å². The van der Waals surface area contributed by atoms with E-state index in [1.165, 1.54) is 0 Å². The van der Waals surface area contributed by atoms with E-state index in [1.54, 1.807) is 7.11 Å². The van der Waals surface area contributed by atoms with Crippen LogP contribution >= 0.6 is 0 Å². The summed E-state index contributed by atoms with van der Waals surface area (Å²) in [5.41, 5.74) is 3.11. The fraction of sp³-hybridized carbons (Fsp3) is 0.833. The number of methoxy groups -OCH3 is 1. The van der Waals surface area contributed by atoms with Crippen LogP contribution in [0.15, 0.2) is 0 Å². The molecule has 2 nitrogen and oxygen atoms in total. The van der Waals surface area contributed by atoms with Gasteiger partial charge in [0.2, 0.25) is 0 Å². The predicted octanol–water partition coefficient (Wildman–Crippen LogP) is 2.43. The lowest BCUT2D eigenvalue weighted by atomic mass is 9.96. The highest BCUT2D eigenvalue weighted by Crippen LogP contribution is 2.20. The molecule has 0 fully saturated rings. The number of aliphatic hydroxyl groups excluding tert-OH is 1. The van der Waals surface area contributed by atoms with E-state index in [9.17, 15) is 0 Å². The first-order chi connectivity index (χ1) is 6.83. The van der Waals surface area contributed by atoms with Crippen molar-refractivity contribution in [2.75, 3.05) is 13.7 Å². The maximum absolute atomic E-state index is 8.91. The van der Waals surface area contributed by atoms with Crippen LogP contribution in [-0.4, -0.2) is 32.5 Å². The van der Waals surface area contributed by atoms with Gasteiger partial charge in [-0.15, -0.1) is 11.5 Å². The third kappa shape index (κ3) is 7.61. The van der Waals surface area contributed by atoms with Crippen LogP contribution < -0.4 is 0 Å². The molecular formula is C12H24O2Si. The summed E-state index contributed by atoms with van der Waals surface area (Å²) >= 11 is 0. The highest BCUT2D eigenvalue weighted by Gasteiger charge is 2.21. The van der Waals surface area contributed by atoms with Gasteiger partial charge >= 0.3 is 0 Å². The molecule has 0 bridgehead atoms. The molecule has 0 aliphatic carbocycles. The molecule has 0 rings (SSSR count). The van der Waals surface area contributed by atoms with Crippen LogP contribution in [0.5, 0.6) is 0 Å². The van der Waals surface area contributed by atoms with Crippen molar-refractivity contribution in [3.05, 3.63) is 0 Å². The Bertz CT molecular complexity index is 234. The summed E-state index contributed by atoms with van der Waals surface area (Å²) in [4.78, 5) is 0. The second-order valence-electron chi connectivity index (χ2n) is 5.18. The Morgan fingerprint density at radius 2 is 1.87 bits per heavy atom. The molecule has 0 radical (unpaired) electrons. The standard InChI is InChI=1S/C12H24O2Si/c1-12(14-2,9-10-13)8-6-7-11-15(3,4)5/h13H,6,8-10H2,1-5H3. The second kappa shape index (κ2) is 6.32. The van der Waals surface area contributed by atoms with Gasteiger partial charge in [0.25, 0.3) is 0 Å². The van der Waals surface area contributed by atoms with Gasteiger partial charge in [-0.3, -0.25) is 0 Å². The zero-order chi connectivity index (χ0) is 11.9. The highest BCUT2D eigenvalue weighted by atomic mass is 28.3. The average molecular weight is 228 g/mol. The van der Waals surface area contributed by atoms with Crippen molar-refractivity contribution in [3.8, 4) is 11.5 Å². The van der Waals surface area contributed by atoms with E-state index < -0.39 is 8.07 Å². The SMILES string of the molecule is COC(C)(CCO)CCC#C[Si](C)(C)C. The third-order valence-electron chi connectivity index (χ3n) is 2.38. The maximum atomic E-state index is 8.91. The topological polar surface area (TPSA) is 29.5 Å². The number of ether oxygens (including phenoxy) is 1. The van der Waals surface area contributed by atoms with Gasteiger partial charge in [0, 0.05) is 20.1 Å². The smallest absolute Gasteiger partial charge is 0.129 e. The number of hydrogen-bond acceptors (Lipinski definition) is 2. The van der Waals surface area contributed by atoms with E-state index in [0.717, 1.165) is 12.8 Å². The Balaban J connectivity index is 4.06. The van der Waals surface area contributed by atoms with Gasteiger partial charge in [-0.25, -0.2) is 0 Å². The first-order valence-electron chi connectivity index (χ1n) is 5.49. The van der Waals surface area contributed by atoms with E-state index in [1.807, 2.05) is 6.92 Å². The van der Waals surface area contributed by atoms with E-state index in [0.29, 0.717) is 6.42 Å². The summed E-state index contributed by atoms with van der Waals surface area (Å²) in [5.74, 6) is 3.22. The Morgan fingerprint density at radius 3 is 2.27 bits per heavy atom. The molecule has 0 spiro atoms. The van der Waals surface area contributed by atoms with Crippen LogP contribution in [0.2, 0.25) is 19.6 Å². The Kier molecular flexibility index (Phi) is 6.19. The first-order valence-corrected chi connectivity index (χ1v) is 8.99. The zero-order valence-corrected chi connectivity index (χ0v) is 11.7. The van der Waals surface area contributed by atoms with Crippen molar-refractivity contribution in [1.29, 1.82) is 0 Å². The van der Waals surface area contributed by atoms with Crippen molar-refractivity contribution in [2.24, 2.45) is 0 Å². The quantitative estimate of drug-likeness (QED) is 0.578.